The topological polar surface area (TPSA) is 126 Å². The Hall–Kier alpha value is -2.82. The van der Waals surface area contributed by atoms with Crippen LogP contribution in [0, 0.1) is 5.82 Å². The molecule has 1 amide bonds. The smallest absolute Gasteiger partial charge is 0.351 e. The number of nitrogens with one attached hydrogen (secondary N) is 1. The Labute approximate surface area is 338 Å². The summed E-state index contributed by atoms with van der Waals surface area (Å²) in [6.45, 7) is 8.29. The summed E-state index contributed by atoms with van der Waals surface area (Å²) < 4.78 is 34.2. The third kappa shape index (κ3) is 21.1. The number of halogens is 1. The first-order valence-electron chi connectivity index (χ1n) is 22.8. The van der Waals surface area contributed by atoms with Crippen LogP contribution in [-0.4, -0.2) is 45.7 Å². The lowest BCUT2D eigenvalue weighted by atomic mass is 10.1. The van der Waals surface area contributed by atoms with Gasteiger partial charge in [0.1, 0.15) is 0 Å². The zero-order valence-electron chi connectivity index (χ0n) is 35.7. The van der Waals surface area contributed by atoms with Crippen LogP contribution in [0.3, 0.4) is 0 Å². The lowest BCUT2D eigenvalue weighted by Gasteiger charge is -2.24. The summed E-state index contributed by atoms with van der Waals surface area (Å²) in [4.78, 5) is 55.9. The van der Waals surface area contributed by atoms with Crippen LogP contribution in [0.25, 0.3) is 0 Å². The van der Waals surface area contributed by atoms with Gasteiger partial charge < -0.3 is 19.5 Å². The Morgan fingerprint density at radius 1 is 0.625 bits per heavy atom. The molecule has 1 aromatic heterocycles. The van der Waals surface area contributed by atoms with Crippen LogP contribution >= 0.6 is 0 Å². The molecular formula is C45H78FN3O7. The van der Waals surface area contributed by atoms with E-state index in [9.17, 15) is 19.2 Å². The highest BCUT2D eigenvalue weighted by Gasteiger charge is 2.49. The molecule has 1 aliphatic rings. The first-order chi connectivity index (χ1) is 27.2. The van der Waals surface area contributed by atoms with Gasteiger partial charge in [0.05, 0.1) is 12.3 Å². The van der Waals surface area contributed by atoms with Gasteiger partial charge in [-0.2, -0.15) is 4.98 Å². The summed E-state index contributed by atoms with van der Waals surface area (Å²) in [5.74, 6) is -2.73. The van der Waals surface area contributed by atoms with E-state index in [1.807, 2.05) is 0 Å². The van der Waals surface area contributed by atoms with Gasteiger partial charge in [-0.15, -0.1) is 0 Å². The summed E-state index contributed by atoms with van der Waals surface area (Å²) in [6.07, 6.45) is 27.1. The standard InChI is InChI=1S/C45H78FN3O7/c1-5-8-11-14-17-20-23-26-29-32-38(50)47-43-37(46)35-49(45(53)48-43)44-42(56-40(52)34-31-28-25-22-19-16-13-10-7-3)41(36(4)54-44)55-39(51)33-30-27-24-21-18-15-12-9-6-2/h35-36,41-42,44H,5-34H2,1-4H3,(H,47,48,50,53)/t36-,41-,42-,44-/m1/s1. The van der Waals surface area contributed by atoms with E-state index in [1.54, 1.807) is 6.92 Å². The minimum atomic E-state index is -1.27. The molecule has 0 saturated carbocycles. The summed E-state index contributed by atoms with van der Waals surface area (Å²) in [5, 5.41) is 2.44. The maximum Gasteiger partial charge on any atom is 0.351 e. The molecule has 0 unspecified atom stereocenters. The van der Waals surface area contributed by atoms with Crippen LogP contribution in [0.15, 0.2) is 11.0 Å². The van der Waals surface area contributed by atoms with Crippen molar-refractivity contribution in [1.29, 1.82) is 0 Å². The van der Waals surface area contributed by atoms with Gasteiger partial charge in [0.2, 0.25) is 5.91 Å². The quantitative estimate of drug-likeness (QED) is 0.0540. The number of carbonyl (C=O) groups excluding carboxylic acids is 3. The molecule has 0 aromatic carbocycles. The monoisotopic (exact) mass is 792 g/mol. The van der Waals surface area contributed by atoms with Gasteiger partial charge in [-0.25, -0.2) is 9.18 Å². The van der Waals surface area contributed by atoms with Gasteiger partial charge >= 0.3 is 17.6 Å². The van der Waals surface area contributed by atoms with Crippen molar-refractivity contribution in [3.05, 3.63) is 22.5 Å². The van der Waals surface area contributed by atoms with Crippen molar-refractivity contribution >= 4 is 23.7 Å². The zero-order chi connectivity index (χ0) is 40.8. The average Bonchev–Trinajstić information content (AvgIpc) is 3.46. The van der Waals surface area contributed by atoms with Crippen molar-refractivity contribution in [1.82, 2.24) is 9.55 Å². The molecule has 2 heterocycles. The Kier molecular flexibility index (Phi) is 27.5. The van der Waals surface area contributed by atoms with E-state index in [0.717, 1.165) is 68.6 Å². The van der Waals surface area contributed by atoms with Crippen LogP contribution < -0.4 is 11.0 Å². The molecule has 322 valence electrons. The zero-order valence-corrected chi connectivity index (χ0v) is 35.7. The first-order valence-corrected chi connectivity index (χ1v) is 22.8. The van der Waals surface area contributed by atoms with Crippen LogP contribution in [0.5, 0.6) is 0 Å². The molecular weight excluding hydrogens is 714 g/mol. The number of aromatic nitrogens is 2. The molecule has 2 rings (SSSR count). The third-order valence-electron chi connectivity index (χ3n) is 10.9. The lowest BCUT2D eigenvalue weighted by Crippen LogP contribution is -2.41. The van der Waals surface area contributed by atoms with E-state index >= 15 is 4.39 Å². The van der Waals surface area contributed by atoms with Gasteiger partial charge in [0.25, 0.3) is 0 Å². The minimum Gasteiger partial charge on any atom is -0.455 e. The van der Waals surface area contributed by atoms with Crippen molar-refractivity contribution in [2.24, 2.45) is 0 Å². The van der Waals surface area contributed by atoms with Crippen molar-refractivity contribution < 1.29 is 33.0 Å². The maximum absolute atomic E-state index is 15.4. The predicted molar refractivity (Wildman–Crippen MR) is 222 cm³/mol. The normalized spacial score (nSPS) is 17.9. The molecule has 0 spiro atoms. The third-order valence-corrected chi connectivity index (χ3v) is 10.9. The molecule has 0 bridgehead atoms. The van der Waals surface area contributed by atoms with Gasteiger partial charge in [-0.3, -0.25) is 19.0 Å². The number of nitrogens with zero attached hydrogens (tertiary/aromatic N) is 2. The first kappa shape index (κ1) is 49.3. The highest BCUT2D eigenvalue weighted by molar-refractivity contribution is 5.89. The Bertz CT molecular complexity index is 1270. The second-order valence-corrected chi connectivity index (χ2v) is 16.1. The Balaban J connectivity index is 2.00. The molecule has 11 heteroatoms. The van der Waals surface area contributed by atoms with E-state index < -0.39 is 59.7 Å². The molecule has 10 nitrogen and oxygen atoms in total. The Morgan fingerprint density at radius 2 is 1.00 bits per heavy atom. The van der Waals surface area contributed by atoms with Crippen LogP contribution in [0.2, 0.25) is 0 Å². The molecule has 1 fully saturated rings. The van der Waals surface area contributed by atoms with E-state index in [4.69, 9.17) is 14.2 Å². The molecule has 56 heavy (non-hydrogen) atoms. The molecule has 1 aliphatic heterocycles. The largest absolute Gasteiger partial charge is 0.455 e. The number of hydrogen-bond acceptors (Lipinski definition) is 8. The van der Waals surface area contributed by atoms with Gasteiger partial charge in [-0.05, 0) is 26.2 Å². The molecule has 4 atom stereocenters. The fourth-order valence-electron chi connectivity index (χ4n) is 7.40. The maximum atomic E-state index is 15.4. The van der Waals surface area contributed by atoms with E-state index in [2.05, 4.69) is 31.1 Å². The highest BCUT2D eigenvalue weighted by atomic mass is 19.1. The molecule has 0 radical (unpaired) electrons. The second kappa shape index (κ2) is 31.2. The number of hydrogen-bond donors (Lipinski definition) is 1. The van der Waals surface area contributed by atoms with E-state index in [1.165, 1.54) is 96.3 Å². The molecule has 1 N–H and O–H groups in total. The number of ether oxygens (including phenoxy) is 3. The number of carbonyl (C=O) groups is 3. The predicted octanol–water partition coefficient (Wildman–Crippen LogP) is 11.8. The molecule has 1 aromatic rings. The van der Waals surface area contributed by atoms with Crippen molar-refractivity contribution in [2.45, 2.75) is 245 Å². The van der Waals surface area contributed by atoms with E-state index in [0.29, 0.717) is 19.3 Å². The van der Waals surface area contributed by atoms with E-state index in [-0.39, 0.29) is 19.3 Å². The summed E-state index contributed by atoms with van der Waals surface area (Å²) in [6, 6.07) is 0. The summed E-state index contributed by atoms with van der Waals surface area (Å²) in [7, 11) is 0. The fraction of sp³-hybridized carbons (Fsp3) is 0.844. The number of esters is 2. The van der Waals surface area contributed by atoms with Crippen molar-refractivity contribution in [3.8, 4) is 0 Å². The lowest BCUT2D eigenvalue weighted by molar-refractivity contribution is -0.168. The number of rotatable bonds is 34. The average molecular weight is 792 g/mol. The highest BCUT2D eigenvalue weighted by Crippen LogP contribution is 2.34. The molecule has 1 saturated heterocycles. The number of unbranched alkanes of at least 4 members (excludes halogenated alkanes) is 24. The van der Waals surface area contributed by atoms with Crippen LogP contribution in [0.4, 0.5) is 10.2 Å². The fourth-order valence-corrected chi connectivity index (χ4v) is 7.40. The van der Waals surface area contributed by atoms with Crippen LogP contribution in [0.1, 0.15) is 227 Å². The van der Waals surface area contributed by atoms with Gasteiger partial charge in [0.15, 0.2) is 30.1 Å². The molecule has 0 aliphatic carbocycles. The number of amides is 1. The summed E-state index contributed by atoms with van der Waals surface area (Å²) >= 11 is 0. The number of anilines is 1. The minimum absolute atomic E-state index is 0.165. The Morgan fingerprint density at radius 3 is 1.43 bits per heavy atom. The second-order valence-electron chi connectivity index (χ2n) is 16.1. The van der Waals surface area contributed by atoms with Crippen molar-refractivity contribution in [3.63, 3.8) is 0 Å². The summed E-state index contributed by atoms with van der Waals surface area (Å²) in [5.41, 5.74) is -0.886. The van der Waals surface area contributed by atoms with Gasteiger partial charge in [-0.1, -0.05) is 175 Å². The SMILES string of the molecule is CCCCCCCCCCCC(=O)Nc1nc(=O)n([C@@H]2O[C@H](C)[C@@H](OC(=O)CCCCCCCCCCC)[C@H]2OC(=O)CCCCCCCCCCC)cc1F. The van der Waals surface area contributed by atoms with Crippen molar-refractivity contribution in [2.75, 3.05) is 5.32 Å². The van der Waals surface area contributed by atoms with Gasteiger partial charge in [0, 0.05) is 19.3 Å². The van der Waals surface area contributed by atoms with Crippen LogP contribution in [-0.2, 0) is 28.6 Å².